The Bertz CT molecular complexity index is 477. The molecule has 4 nitrogen and oxygen atoms in total. The molecule has 0 aliphatic heterocycles. The lowest BCUT2D eigenvalue weighted by Crippen LogP contribution is -2.45. The molecule has 0 spiro atoms. The van der Waals surface area contributed by atoms with E-state index in [1.54, 1.807) is 32.0 Å². The lowest BCUT2D eigenvalue weighted by atomic mass is 10.0. The summed E-state index contributed by atoms with van der Waals surface area (Å²) in [7, 11) is 0. The summed E-state index contributed by atoms with van der Waals surface area (Å²) in [4.78, 5) is 22.7. The summed E-state index contributed by atoms with van der Waals surface area (Å²) in [5.41, 5.74) is -0.821. The molecule has 1 rings (SSSR count). The van der Waals surface area contributed by atoms with Crippen molar-refractivity contribution in [1.82, 2.24) is 5.32 Å². The molecule has 0 aromatic heterocycles. The Morgan fingerprint density at radius 3 is 2.58 bits per heavy atom. The first-order valence-corrected chi connectivity index (χ1v) is 6.69. The molecular formula is C13H16FNO3S. The fourth-order valence-electron chi connectivity index (χ4n) is 1.54. The normalized spacial score (nSPS) is 11.1. The maximum absolute atomic E-state index is 13.3. The number of benzene rings is 1. The molecule has 0 aliphatic rings. The first kappa shape index (κ1) is 15.5. The van der Waals surface area contributed by atoms with Gasteiger partial charge in [-0.3, -0.25) is 9.59 Å². The lowest BCUT2D eigenvalue weighted by Gasteiger charge is -2.24. The summed E-state index contributed by atoms with van der Waals surface area (Å²) in [6.45, 7) is 3.26. The van der Waals surface area contributed by atoms with Crippen LogP contribution in [-0.4, -0.2) is 28.3 Å². The zero-order valence-corrected chi connectivity index (χ0v) is 11.6. The first-order valence-electron chi connectivity index (χ1n) is 5.70. The maximum atomic E-state index is 13.3. The Morgan fingerprint density at radius 1 is 1.37 bits per heavy atom. The number of nitrogens with one attached hydrogen (secondary N) is 1. The van der Waals surface area contributed by atoms with Crippen LogP contribution in [0.3, 0.4) is 0 Å². The van der Waals surface area contributed by atoms with Crippen LogP contribution in [0.15, 0.2) is 29.2 Å². The molecule has 0 heterocycles. The molecule has 0 radical (unpaired) electrons. The number of carbonyl (C=O) groups is 2. The van der Waals surface area contributed by atoms with Crippen molar-refractivity contribution in [1.29, 1.82) is 0 Å². The van der Waals surface area contributed by atoms with Gasteiger partial charge >= 0.3 is 5.97 Å². The monoisotopic (exact) mass is 285 g/mol. The van der Waals surface area contributed by atoms with E-state index in [4.69, 9.17) is 5.11 Å². The van der Waals surface area contributed by atoms with Gasteiger partial charge in [-0.05, 0) is 26.0 Å². The third kappa shape index (κ3) is 5.74. The Morgan fingerprint density at radius 2 is 2.00 bits per heavy atom. The van der Waals surface area contributed by atoms with E-state index in [0.717, 1.165) is 11.8 Å². The number of amides is 1. The number of aliphatic carboxylic acids is 1. The van der Waals surface area contributed by atoms with Gasteiger partial charge in [0.25, 0.3) is 0 Å². The zero-order chi connectivity index (χ0) is 14.5. The highest BCUT2D eigenvalue weighted by molar-refractivity contribution is 8.00. The van der Waals surface area contributed by atoms with E-state index in [2.05, 4.69) is 5.32 Å². The fraction of sp³-hybridized carbons (Fsp3) is 0.385. The molecule has 6 heteroatoms. The van der Waals surface area contributed by atoms with Crippen LogP contribution in [0.5, 0.6) is 0 Å². The number of carbonyl (C=O) groups excluding carboxylic acids is 1. The van der Waals surface area contributed by atoms with Crippen LogP contribution in [0.25, 0.3) is 0 Å². The summed E-state index contributed by atoms with van der Waals surface area (Å²) in [6.07, 6.45) is -0.164. The van der Waals surface area contributed by atoms with E-state index in [0.29, 0.717) is 4.90 Å². The van der Waals surface area contributed by atoms with Gasteiger partial charge in [0.1, 0.15) is 5.82 Å². The number of thioether (sulfide) groups is 1. The van der Waals surface area contributed by atoms with Gasteiger partial charge < -0.3 is 10.4 Å². The van der Waals surface area contributed by atoms with Gasteiger partial charge in [0.2, 0.25) is 5.91 Å². The van der Waals surface area contributed by atoms with E-state index in [1.807, 2.05) is 0 Å². The second kappa shape index (κ2) is 6.56. The van der Waals surface area contributed by atoms with Crippen LogP contribution in [0.1, 0.15) is 20.3 Å². The zero-order valence-electron chi connectivity index (χ0n) is 10.8. The molecule has 1 amide bonds. The number of hydrogen-bond acceptors (Lipinski definition) is 3. The highest BCUT2D eigenvalue weighted by Crippen LogP contribution is 2.21. The Kier molecular flexibility index (Phi) is 5.35. The highest BCUT2D eigenvalue weighted by Gasteiger charge is 2.23. The number of carboxylic acid groups (broad SMARTS) is 1. The van der Waals surface area contributed by atoms with Gasteiger partial charge in [-0.1, -0.05) is 12.1 Å². The van der Waals surface area contributed by atoms with Crippen LogP contribution in [0.4, 0.5) is 4.39 Å². The average molecular weight is 285 g/mol. The summed E-state index contributed by atoms with van der Waals surface area (Å²) >= 11 is 1.08. The van der Waals surface area contributed by atoms with E-state index in [-0.39, 0.29) is 23.9 Å². The summed E-state index contributed by atoms with van der Waals surface area (Å²) in [6, 6.07) is 6.19. The third-order valence-corrected chi connectivity index (χ3v) is 3.32. The standard InChI is InChI=1S/C13H16FNO3S/c1-13(2,7-12(17)18)15-11(16)8-19-10-6-4-3-5-9(10)14/h3-6H,7-8H2,1-2H3,(H,15,16)(H,17,18). The quantitative estimate of drug-likeness (QED) is 0.787. The molecule has 1 aromatic rings. The van der Waals surface area contributed by atoms with Crippen molar-refractivity contribution in [2.75, 3.05) is 5.75 Å². The number of halogens is 1. The minimum atomic E-state index is -0.980. The molecule has 0 saturated carbocycles. The molecule has 0 aliphatic carbocycles. The first-order chi connectivity index (χ1) is 8.80. The Balaban J connectivity index is 2.48. The largest absolute Gasteiger partial charge is 0.481 e. The van der Waals surface area contributed by atoms with E-state index >= 15 is 0 Å². The van der Waals surface area contributed by atoms with Crippen LogP contribution in [-0.2, 0) is 9.59 Å². The smallest absolute Gasteiger partial charge is 0.305 e. The average Bonchev–Trinajstić information content (AvgIpc) is 2.25. The molecule has 0 fully saturated rings. The summed E-state index contributed by atoms with van der Waals surface area (Å²) in [5, 5.41) is 11.3. The Hall–Kier alpha value is -1.56. The minimum Gasteiger partial charge on any atom is -0.481 e. The highest BCUT2D eigenvalue weighted by atomic mass is 32.2. The van der Waals surface area contributed by atoms with Gasteiger partial charge in [0.15, 0.2) is 0 Å². The predicted octanol–water partition coefficient (Wildman–Crippen LogP) is 2.29. The van der Waals surface area contributed by atoms with Crippen LogP contribution in [0, 0.1) is 5.82 Å². The lowest BCUT2D eigenvalue weighted by molar-refractivity contribution is -0.138. The molecule has 2 N–H and O–H groups in total. The van der Waals surface area contributed by atoms with Gasteiger partial charge in [0, 0.05) is 10.4 Å². The molecule has 19 heavy (non-hydrogen) atoms. The number of hydrogen-bond donors (Lipinski definition) is 2. The number of carboxylic acids is 1. The summed E-state index contributed by atoms with van der Waals surface area (Å²) < 4.78 is 13.3. The topological polar surface area (TPSA) is 66.4 Å². The van der Waals surface area contributed by atoms with Crippen LogP contribution in [0.2, 0.25) is 0 Å². The van der Waals surface area contributed by atoms with E-state index in [1.165, 1.54) is 6.07 Å². The third-order valence-electron chi connectivity index (χ3n) is 2.27. The van der Waals surface area contributed by atoms with Crippen molar-refractivity contribution in [3.63, 3.8) is 0 Å². The van der Waals surface area contributed by atoms with E-state index < -0.39 is 11.5 Å². The molecule has 0 saturated heterocycles. The van der Waals surface area contributed by atoms with Crippen molar-refractivity contribution in [3.05, 3.63) is 30.1 Å². The van der Waals surface area contributed by atoms with Crippen molar-refractivity contribution in [3.8, 4) is 0 Å². The van der Waals surface area contributed by atoms with E-state index in [9.17, 15) is 14.0 Å². The second-order valence-corrected chi connectivity index (χ2v) is 5.74. The molecule has 104 valence electrons. The molecular weight excluding hydrogens is 269 g/mol. The minimum absolute atomic E-state index is 0.0456. The van der Waals surface area contributed by atoms with Crippen molar-refractivity contribution in [2.24, 2.45) is 0 Å². The van der Waals surface area contributed by atoms with Crippen LogP contribution >= 0.6 is 11.8 Å². The molecule has 1 aromatic carbocycles. The van der Waals surface area contributed by atoms with Gasteiger partial charge in [-0.15, -0.1) is 11.8 Å². The molecule has 0 unspecified atom stereocenters. The maximum Gasteiger partial charge on any atom is 0.305 e. The van der Waals surface area contributed by atoms with Gasteiger partial charge in [0.05, 0.1) is 12.2 Å². The summed E-state index contributed by atoms with van der Waals surface area (Å²) in [5.74, 6) is -1.62. The predicted molar refractivity (Wildman–Crippen MR) is 71.6 cm³/mol. The molecule has 0 atom stereocenters. The van der Waals surface area contributed by atoms with Gasteiger partial charge in [-0.2, -0.15) is 0 Å². The second-order valence-electron chi connectivity index (χ2n) is 4.72. The SMILES string of the molecule is CC(C)(CC(=O)O)NC(=O)CSc1ccccc1F. The van der Waals surface area contributed by atoms with Gasteiger partial charge in [-0.25, -0.2) is 4.39 Å². The van der Waals surface area contributed by atoms with Crippen molar-refractivity contribution >= 4 is 23.6 Å². The fourth-order valence-corrected chi connectivity index (χ4v) is 2.28. The van der Waals surface area contributed by atoms with Crippen molar-refractivity contribution < 1.29 is 19.1 Å². The van der Waals surface area contributed by atoms with Crippen molar-refractivity contribution in [2.45, 2.75) is 30.7 Å². The van der Waals surface area contributed by atoms with Crippen LogP contribution < -0.4 is 5.32 Å². The Labute approximate surface area is 115 Å². The molecule has 0 bridgehead atoms. The number of rotatable bonds is 6.